The number of carbonyl (C=O) groups excluding carboxylic acids is 1. The Labute approximate surface area is 180 Å². The van der Waals surface area contributed by atoms with E-state index in [0.717, 1.165) is 50.4 Å². The highest BCUT2D eigenvalue weighted by atomic mass is 35.5. The van der Waals surface area contributed by atoms with Crippen LogP contribution in [0, 0.1) is 5.41 Å². The van der Waals surface area contributed by atoms with Crippen LogP contribution in [0.1, 0.15) is 47.0 Å². The Morgan fingerprint density at radius 2 is 1.97 bits per heavy atom. The van der Waals surface area contributed by atoms with Gasteiger partial charge in [0.05, 0.1) is 0 Å². The standard InChI is InChI=1S/C23H23ClN4O2/c24-18-3-1-2-17(12-18)21-26-22(30-27-21)19-13-23(19)8-10-28(11-9-23)14-15-4-6-16(7-5-15)20(25)29/h1-7,12,19H,8-11,13-14H2,(H2,25,29). The number of nitrogens with zero attached hydrogens (tertiary/aromatic N) is 3. The molecule has 7 heteroatoms. The van der Waals surface area contributed by atoms with Gasteiger partial charge in [-0.2, -0.15) is 4.98 Å². The molecule has 2 aliphatic rings. The lowest BCUT2D eigenvalue weighted by Gasteiger charge is -2.32. The van der Waals surface area contributed by atoms with Crippen LogP contribution in [0.4, 0.5) is 0 Å². The fraction of sp³-hybridized carbons (Fsp3) is 0.348. The molecule has 3 aromatic rings. The number of aromatic nitrogens is 2. The first-order valence-corrected chi connectivity index (χ1v) is 10.6. The molecule has 1 amide bonds. The maximum Gasteiger partial charge on any atom is 0.248 e. The van der Waals surface area contributed by atoms with Crippen LogP contribution in [0.5, 0.6) is 0 Å². The van der Waals surface area contributed by atoms with Crippen LogP contribution in [0.2, 0.25) is 5.02 Å². The minimum Gasteiger partial charge on any atom is -0.366 e. The maximum absolute atomic E-state index is 11.2. The SMILES string of the molecule is NC(=O)c1ccc(CN2CCC3(CC2)CC3c2nc(-c3cccc(Cl)c3)no2)cc1. The van der Waals surface area contributed by atoms with E-state index in [0.29, 0.717) is 27.7 Å². The minimum absolute atomic E-state index is 0.296. The first-order valence-electron chi connectivity index (χ1n) is 10.2. The summed E-state index contributed by atoms with van der Waals surface area (Å²) in [5.41, 5.74) is 8.24. The highest BCUT2D eigenvalue weighted by molar-refractivity contribution is 6.30. The quantitative estimate of drug-likeness (QED) is 0.664. The van der Waals surface area contributed by atoms with Crippen LogP contribution >= 0.6 is 11.6 Å². The topological polar surface area (TPSA) is 85.3 Å². The van der Waals surface area contributed by atoms with Crippen molar-refractivity contribution in [2.75, 3.05) is 13.1 Å². The summed E-state index contributed by atoms with van der Waals surface area (Å²) in [6.45, 7) is 2.98. The monoisotopic (exact) mass is 422 g/mol. The molecule has 6 nitrogen and oxygen atoms in total. The minimum atomic E-state index is -0.388. The van der Waals surface area contributed by atoms with E-state index in [1.807, 2.05) is 36.4 Å². The van der Waals surface area contributed by atoms with Gasteiger partial charge in [0.1, 0.15) is 0 Å². The van der Waals surface area contributed by atoms with E-state index in [1.54, 1.807) is 12.1 Å². The first-order chi connectivity index (χ1) is 14.5. The summed E-state index contributed by atoms with van der Waals surface area (Å²) in [5.74, 6) is 1.32. The average molecular weight is 423 g/mol. The zero-order valence-electron chi connectivity index (χ0n) is 16.6. The fourth-order valence-corrected chi connectivity index (χ4v) is 4.75. The van der Waals surface area contributed by atoms with Gasteiger partial charge in [0.15, 0.2) is 0 Å². The van der Waals surface area contributed by atoms with Gasteiger partial charge in [0.2, 0.25) is 17.6 Å². The molecular formula is C23H23ClN4O2. The second-order valence-electron chi connectivity index (χ2n) is 8.42. The lowest BCUT2D eigenvalue weighted by atomic mass is 9.90. The second kappa shape index (κ2) is 7.52. The number of benzene rings is 2. The molecular weight excluding hydrogens is 400 g/mol. The molecule has 1 spiro atoms. The normalized spacial score (nSPS) is 20.4. The van der Waals surface area contributed by atoms with Gasteiger partial charge in [0, 0.05) is 28.6 Å². The van der Waals surface area contributed by atoms with E-state index < -0.39 is 0 Å². The number of halogens is 1. The molecule has 5 rings (SSSR count). The summed E-state index contributed by atoms with van der Waals surface area (Å²) < 4.78 is 5.61. The summed E-state index contributed by atoms with van der Waals surface area (Å²) in [5, 5.41) is 4.83. The largest absolute Gasteiger partial charge is 0.366 e. The molecule has 2 N–H and O–H groups in total. The molecule has 0 radical (unpaired) electrons. The van der Waals surface area contributed by atoms with Crippen LogP contribution in [-0.2, 0) is 6.54 Å². The molecule has 2 fully saturated rings. The Morgan fingerprint density at radius 3 is 2.67 bits per heavy atom. The Morgan fingerprint density at radius 1 is 1.20 bits per heavy atom. The number of rotatable bonds is 5. The van der Waals surface area contributed by atoms with Gasteiger partial charge in [-0.25, -0.2) is 0 Å². The summed E-state index contributed by atoms with van der Waals surface area (Å²) in [4.78, 5) is 18.3. The highest BCUT2D eigenvalue weighted by Gasteiger charge is 2.58. The van der Waals surface area contributed by atoms with E-state index in [1.165, 1.54) is 5.56 Å². The third kappa shape index (κ3) is 3.73. The maximum atomic E-state index is 11.2. The van der Waals surface area contributed by atoms with Crippen molar-refractivity contribution in [2.45, 2.75) is 31.7 Å². The van der Waals surface area contributed by atoms with Crippen molar-refractivity contribution in [1.29, 1.82) is 0 Å². The molecule has 1 aliphatic carbocycles. The Bertz CT molecular complexity index is 1070. The third-order valence-electron chi connectivity index (χ3n) is 6.51. The van der Waals surface area contributed by atoms with E-state index in [-0.39, 0.29) is 5.91 Å². The zero-order valence-corrected chi connectivity index (χ0v) is 17.3. The number of primary amides is 1. The molecule has 1 saturated carbocycles. The van der Waals surface area contributed by atoms with Gasteiger partial charge in [-0.1, -0.05) is 41.0 Å². The van der Waals surface area contributed by atoms with E-state index in [9.17, 15) is 4.79 Å². The smallest absolute Gasteiger partial charge is 0.248 e. The highest BCUT2D eigenvalue weighted by Crippen LogP contribution is 2.64. The third-order valence-corrected chi connectivity index (χ3v) is 6.74. The van der Waals surface area contributed by atoms with Crippen LogP contribution < -0.4 is 5.73 Å². The van der Waals surface area contributed by atoms with E-state index in [2.05, 4.69) is 15.0 Å². The van der Waals surface area contributed by atoms with Crippen LogP contribution in [0.3, 0.4) is 0 Å². The van der Waals surface area contributed by atoms with Crippen molar-refractivity contribution in [1.82, 2.24) is 15.0 Å². The van der Waals surface area contributed by atoms with Crippen molar-refractivity contribution in [3.8, 4) is 11.4 Å². The number of piperidine rings is 1. The second-order valence-corrected chi connectivity index (χ2v) is 8.86. The van der Waals surface area contributed by atoms with Crippen molar-refractivity contribution < 1.29 is 9.32 Å². The van der Waals surface area contributed by atoms with Crippen LogP contribution in [0.25, 0.3) is 11.4 Å². The van der Waals surface area contributed by atoms with Gasteiger partial charge in [0.25, 0.3) is 0 Å². The van der Waals surface area contributed by atoms with Crippen LogP contribution in [0.15, 0.2) is 53.1 Å². The number of nitrogens with two attached hydrogens (primary N) is 1. The number of carbonyl (C=O) groups is 1. The van der Waals surface area contributed by atoms with Crippen LogP contribution in [-0.4, -0.2) is 34.0 Å². The molecule has 1 saturated heterocycles. The zero-order chi connectivity index (χ0) is 20.7. The molecule has 154 valence electrons. The van der Waals surface area contributed by atoms with Gasteiger partial charge < -0.3 is 10.3 Å². The lowest BCUT2D eigenvalue weighted by Crippen LogP contribution is -2.34. The Hall–Kier alpha value is -2.70. The molecule has 2 aromatic carbocycles. The van der Waals surface area contributed by atoms with Gasteiger partial charge >= 0.3 is 0 Å². The lowest BCUT2D eigenvalue weighted by molar-refractivity contribution is 0.1000. The predicted molar refractivity (Wildman–Crippen MR) is 114 cm³/mol. The summed E-state index contributed by atoms with van der Waals surface area (Å²) >= 11 is 6.07. The van der Waals surface area contributed by atoms with Gasteiger partial charge in [-0.15, -0.1) is 0 Å². The Kier molecular flexibility index (Phi) is 4.83. The first kappa shape index (κ1) is 19.3. The number of amides is 1. The van der Waals surface area contributed by atoms with Crippen molar-refractivity contribution in [2.24, 2.45) is 11.1 Å². The van der Waals surface area contributed by atoms with E-state index in [4.69, 9.17) is 21.9 Å². The van der Waals surface area contributed by atoms with Gasteiger partial charge in [-0.05, 0) is 67.6 Å². The molecule has 1 aromatic heterocycles. The molecule has 30 heavy (non-hydrogen) atoms. The van der Waals surface area contributed by atoms with Gasteiger partial charge in [-0.3, -0.25) is 9.69 Å². The molecule has 1 atom stereocenters. The molecule has 2 heterocycles. The van der Waals surface area contributed by atoms with E-state index >= 15 is 0 Å². The molecule has 1 unspecified atom stereocenters. The number of likely N-dealkylation sites (tertiary alicyclic amines) is 1. The average Bonchev–Trinajstić information content (AvgIpc) is 3.21. The number of hydrogen-bond donors (Lipinski definition) is 1. The van der Waals surface area contributed by atoms with Crippen molar-refractivity contribution in [3.63, 3.8) is 0 Å². The van der Waals surface area contributed by atoms with Crippen molar-refractivity contribution in [3.05, 3.63) is 70.6 Å². The molecule has 1 aliphatic heterocycles. The summed E-state index contributed by atoms with van der Waals surface area (Å²) in [6.07, 6.45) is 3.38. The molecule has 0 bridgehead atoms. The Balaban J connectivity index is 1.19. The summed E-state index contributed by atoms with van der Waals surface area (Å²) in [7, 11) is 0. The summed E-state index contributed by atoms with van der Waals surface area (Å²) in [6, 6.07) is 15.1. The predicted octanol–water partition coefficient (Wildman–Crippen LogP) is 4.26. The fourth-order valence-electron chi connectivity index (χ4n) is 4.56. The van der Waals surface area contributed by atoms with Crippen molar-refractivity contribution >= 4 is 17.5 Å². The number of hydrogen-bond acceptors (Lipinski definition) is 5.